The first-order chi connectivity index (χ1) is 11.0. The Morgan fingerprint density at radius 1 is 1.17 bits per heavy atom. The number of carboxylic acid groups (broad SMARTS) is 1. The lowest BCUT2D eigenvalue weighted by atomic mass is 9.87. The van der Waals surface area contributed by atoms with Gasteiger partial charge in [-0.2, -0.15) is 0 Å². The number of carboxylic acids is 1. The van der Waals surface area contributed by atoms with E-state index in [0.717, 1.165) is 11.1 Å². The van der Waals surface area contributed by atoms with E-state index >= 15 is 0 Å². The summed E-state index contributed by atoms with van der Waals surface area (Å²) in [6, 6.07) is 12.7. The molecule has 2 unspecified atom stereocenters. The van der Waals surface area contributed by atoms with Crippen molar-refractivity contribution in [2.75, 3.05) is 7.05 Å². The number of ether oxygens (including phenoxy) is 1. The van der Waals surface area contributed by atoms with E-state index in [9.17, 15) is 14.7 Å². The van der Waals surface area contributed by atoms with Crippen LogP contribution in [0.4, 0.5) is 0 Å². The predicted octanol–water partition coefficient (Wildman–Crippen LogP) is 2.66. The molecule has 5 nitrogen and oxygen atoms in total. The van der Waals surface area contributed by atoms with Gasteiger partial charge in [-0.25, -0.2) is 4.79 Å². The van der Waals surface area contributed by atoms with Crippen LogP contribution in [0.2, 0.25) is 0 Å². The minimum Gasteiger partial charge on any atom is -0.489 e. The van der Waals surface area contributed by atoms with Gasteiger partial charge in [-0.15, -0.1) is 0 Å². The lowest BCUT2D eigenvalue weighted by molar-refractivity contribution is 0.0696. The fourth-order valence-corrected chi connectivity index (χ4v) is 3.06. The van der Waals surface area contributed by atoms with Gasteiger partial charge in [0.15, 0.2) is 0 Å². The summed E-state index contributed by atoms with van der Waals surface area (Å²) in [6.45, 7) is 1.92. The van der Waals surface area contributed by atoms with Crippen molar-refractivity contribution in [1.29, 1.82) is 0 Å². The van der Waals surface area contributed by atoms with E-state index in [4.69, 9.17) is 4.74 Å². The zero-order valence-electron chi connectivity index (χ0n) is 12.9. The number of benzene rings is 2. The predicted molar refractivity (Wildman–Crippen MR) is 85.2 cm³/mol. The van der Waals surface area contributed by atoms with E-state index in [2.05, 4.69) is 5.32 Å². The largest absolute Gasteiger partial charge is 0.489 e. The molecule has 1 heterocycles. The van der Waals surface area contributed by atoms with Gasteiger partial charge in [0.25, 0.3) is 5.91 Å². The number of carbonyl (C=O) groups excluding carboxylic acids is 1. The highest BCUT2D eigenvalue weighted by Crippen LogP contribution is 2.44. The molecular weight excluding hydrogens is 294 g/mol. The topological polar surface area (TPSA) is 75.6 Å². The van der Waals surface area contributed by atoms with E-state index in [0.29, 0.717) is 5.75 Å². The van der Waals surface area contributed by atoms with Crippen LogP contribution in [-0.4, -0.2) is 30.1 Å². The Kier molecular flexibility index (Phi) is 3.78. The highest BCUT2D eigenvalue weighted by molar-refractivity contribution is 6.00. The average Bonchev–Trinajstić information content (AvgIpc) is 2.89. The number of amides is 1. The van der Waals surface area contributed by atoms with Gasteiger partial charge in [0.2, 0.25) is 0 Å². The SMILES string of the molecule is CNC(=O)c1cc(C(=O)O)cc2c1OC(C)C2c1ccccc1. The van der Waals surface area contributed by atoms with Crippen molar-refractivity contribution in [2.45, 2.75) is 18.9 Å². The molecule has 5 heteroatoms. The maximum atomic E-state index is 12.1. The number of hydrogen-bond acceptors (Lipinski definition) is 3. The van der Waals surface area contributed by atoms with Gasteiger partial charge in [-0.1, -0.05) is 30.3 Å². The molecule has 23 heavy (non-hydrogen) atoms. The van der Waals surface area contributed by atoms with Gasteiger partial charge in [-0.05, 0) is 24.6 Å². The number of fused-ring (bicyclic) bond motifs is 1. The molecule has 0 saturated heterocycles. The zero-order chi connectivity index (χ0) is 16.6. The average molecular weight is 311 g/mol. The summed E-state index contributed by atoms with van der Waals surface area (Å²) in [7, 11) is 1.51. The van der Waals surface area contributed by atoms with E-state index < -0.39 is 5.97 Å². The van der Waals surface area contributed by atoms with Crippen LogP contribution in [0.25, 0.3) is 0 Å². The van der Waals surface area contributed by atoms with Crippen molar-refractivity contribution in [3.05, 3.63) is 64.7 Å². The number of hydrogen-bond donors (Lipinski definition) is 2. The van der Waals surface area contributed by atoms with Crippen LogP contribution < -0.4 is 10.1 Å². The number of aromatic carboxylic acids is 1. The van der Waals surface area contributed by atoms with E-state index in [-0.39, 0.29) is 29.1 Å². The molecular formula is C18H17NO4. The Morgan fingerprint density at radius 3 is 2.48 bits per heavy atom. The standard InChI is InChI=1S/C18H17NO4/c1-10-15(11-6-4-3-5-7-11)13-8-12(18(21)22)9-14(16(13)23-10)17(20)19-2/h3-10,15H,1-2H3,(H,19,20)(H,21,22). The monoisotopic (exact) mass is 311 g/mol. The third-order valence-electron chi connectivity index (χ3n) is 4.10. The van der Waals surface area contributed by atoms with E-state index in [1.807, 2.05) is 37.3 Å². The highest BCUT2D eigenvalue weighted by Gasteiger charge is 2.36. The van der Waals surface area contributed by atoms with Crippen molar-refractivity contribution < 1.29 is 19.4 Å². The van der Waals surface area contributed by atoms with Crippen LogP contribution in [0.5, 0.6) is 5.75 Å². The molecule has 0 aliphatic carbocycles. The smallest absolute Gasteiger partial charge is 0.335 e. The summed E-state index contributed by atoms with van der Waals surface area (Å²) in [6.07, 6.45) is -0.181. The number of rotatable bonds is 3. The molecule has 2 N–H and O–H groups in total. The highest BCUT2D eigenvalue weighted by atomic mass is 16.5. The summed E-state index contributed by atoms with van der Waals surface area (Å²) in [5.74, 6) is -1.06. The van der Waals surface area contributed by atoms with Crippen LogP contribution in [-0.2, 0) is 0 Å². The van der Waals surface area contributed by atoms with Crippen LogP contribution in [0.15, 0.2) is 42.5 Å². The third kappa shape index (κ3) is 2.54. The summed E-state index contributed by atoms with van der Waals surface area (Å²) in [5.41, 5.74) is 2.11. The second-order valence-corrected chi connectivity index (χ2v) is 5.54. The number of nitrogens with one attached hydrogen (secondary N) is 1. The molecule has 0 saturated carbocycles. The molecule has 1 aliphatic heterocycles. The van der Waals surface area contributed by atoms with Gasteiger partial charge in [0, 0.05) is 18.5 Å². The van der Waals surface area contributed by atoms with Crippen molar-refractivity contribution in [3.8, 4) is 5.75 Å². The minimum absolute atomic E-state index is 0.0842. The molecule has 0 spiro atoms. The Balaban J connectivity index is 2.21. The summed E-state index contributed by atoms with van der Waals surface area (Å²) in [4.78, 5) is 23.5. The van der Waals surface area contributed by atoms with Gasteiger partial charge >= 0.3 is 5.97 Å². The van der Waals surface area contributed by atoms with E-state index in [1.54, 1.807) is 6.07 Å². The lowest BCUT2D eigenvalue weighted by Gasteiger charge is -2.15. The minimum atomic E-state index is -1.07. The lowest BCUT2D eigenvalue weighted by Crippen LogP contribution is -2.19. The summed E-state index contributed by atoms with van der Waals surface area (Å²) in [5, 5.41) is 11.9. The molecule has 2 aromatic carbocycles. The summed E-state index contributed by atoms with van der Waals surface area (Å²) >= 11 is 0. The second kappa shape index (κ2) is 5.76. The van der Waals surface area contributed by atoms with Gasteiger partial charge < -0.3 is 15.2 Å². The van der Waals surface area contributed by atoms with Crippen molar-refractivity contribution in [3.63, 3.8) is 0 Å². The molecule has 1 aliphatic rings. The van der Waals surface area contributed by atoms with Crippen molar-refractivity contribution in [1.82, 2.24) is 5.32 Å². The Hall–Kier alpha value is -2.82. The number of carbonyl (C=O) groups is 2. The second-order valence-electron chi connectivity index (χ2n) is 5.54. The first-order valence-electron chi connectivity index (χ1n) is 7.38. The normalized spacial score (nSPS) is 18.9. The zero-order valence-corrected chi connectivity index (χ0v) is 12.9. The first-order valence-corrected chi connectivity index (χ1v) is 7.38. The maximum Gasteiger partial charge on any atom is 0.335 e. The van der Waals surface area contributed by atoms with Crippen molar-refractivity contribution >= 4 is 11.9 Å². The van der Waals surface area contributed by atoms with Gasteiger partial charge in [0.05, 0.1) is 11.1 Å². The Labute approximate surface area is 133 Å². The maximum absolute atomic E-state index is 12.1. The Bertz CT molecular complexity index is 770. The molecule has 118 valence electrons. The third-order valence-corrected chi connectivity index (χ3v) is 4.10. The molecule has 0 fully saturated rings. The molecule has 2 atom stereocenters. The van der Waals surface area contributed by atoms with Crippen LogP contribution in [0.3, 0.4) is 0 Å². The fraction of sp³-hybridized carbons (Fsp3) is 0.222. The van der Waals surface area contributed by atoms with Crippen LogP contribution in [0.1, 0.15) is 44.7 Å². The fourth-order valence-electron chi connectivity index (χ4n) is 3.06. The molecule has 1 amide bonds. The molecule has 0 bridgehead atoms. The van der Waals surface area contributed by atoms with Crippen LogP contribution in [0, 0.1) is 0 Å². The van der Waals surface area contributed by atoms with Gasteiger partial charge in [-0.3, -0.25) is 4.79 Å². The summed E-state index contributed by atoms with van der Waals surface area (Å²) < 4.78 is 5.91. The Morgan fingerprint density at radius 2 is 1.87 bits per heavy atom. The first kappa shape index (κ1) is 15.1. The molecule has 0 aromatic heterocycles. The molecule has 0 radical (unpaired) electrons. The van der Waals surface area contributed by atoms with Crippen molar-refractivity contribution in [2.24, 2.45) is 0 Å². The van der Waals surface area contributed by atoms with Gasteiger partial charge in [0.1, 0.15) is 11.9 Å². The van der Waals surface area contributed by atoms with E-state index in [1.165, 1.54) is 13.1 Å². The molecule has 2 aromatic rings. The molecule has 3 rings (SSSR count). The van der Waals surface area contributed by atoms with Crippen LogP contribution >= 0.6 is 0 Å². The quantitative estimate of drug-likeness (QED) is 0.914.